The van der Waals surface area contributed by atoms with Crippen LogP contribution in [0.1, 0.15) is 22.3 Å². The van der Waals surface area contributed by atoms with E-state index in [4.69, 9.17) is 0 Å². The van der Waals surface area contributed by atoms with Gasteiger partial charge in [-0.3, -0.25) is 19.7 Å². The maximum absolute atomic E-state index is 11.7. The Morgan fingerprint density at radius 2 is 1.96 bits per heavy atom. The molecule has 1 aromatic carbocycles. The summed E-state index contributed by atoms with van der Waals surface area (Å²) in [6.07, 6.45) is 0.108. The summed E-state index contributed by atoms with van der Waals surface area (Å²) < 4.78 is 0. The Kier molecular flexibility index (Phi) is 5.81. The highest BCUT2D eigenvalue weighted by Crippen LogP contribution is 2.17. The van der Waals surface area contributed by atoms with Crippen LogP contribution in [0.5, 0.6) is 0 Å². The molecule has 2 N–H and O–H groups in total. The third kappa shape index (κ3) is 4.89. The number of nitrogens with zero attached hydrogens (tertiary/aromatic N) is 1. The number of rotatable bonds is 7. The van der Waals surface area contributed by atoms with Crippen molar-refractivity contribution >= 4 is 28.8 Å². The molecule has 8 heteroatoms. The van der Waals surface area contributed by atoms with E-state index < -0.39 is 4.92 Å². The number of nitrogens with one attached hydrogen (secondary N) is 2. The summed E-state index contributed by atoms with van der Waals surface area (Å²) >= 11 is 1.42. The second-order valence-electron chi connectivity index (χ2n) is 4.68. The molecule has 1 aromatic heterocycles. The predicted molar refractivity (Wildman–Crippen MR) is 86.2 cm³/mol. The van der Waals surface area contributed by atoms with Gasteiger partial charge in [-0.2, -0.15) is 11.3 Å². The Labute approximate surface area is 136 Å². The standard InChI is InChI=1S/C15H15N3O4S/c19-14(5-7-16-15(20)12-6-8-23-10-12)17-9-11-3-1-2-4-13(11)18(21)22/h1-4,6,8,10H,5,7,9H2,(H,16,20)(H,17,19). The SMILES string of the molecule is O=C(CCNC(=O)c1ccsc1)NCc1ccccc1[N+](=O)[O-]. The Balaban J connectivity index is 1.75. The third-order valence-electron chi connectivity index (χ3n) is 3.09. The zero-order chi connectivity index (χ0) is 16.7. The lowest BCUT2D eigenvalue weighted by molar-refractivity contribution is -0.385. The highest BCUT2D eigenvalue weighted by Gasteiger charge is 2.13. The monoisotopic (exact) mass is 333 g/mol. The number of para-hydroxylation sites is 1. The summed E-state index contributed by atoms with van der Waals surface area (Å²) in [6.45, 7) is 0.284. The lowest BCUT2D eigenvalue weighted by atomic mass is 10.2. The number of carbonyl (C=O) groups is 2. The smallest absolute Gasteiger partial charge is 0.274 e. The second kappa shape index (κ2) is 8.04. The molecule has 2 rings (SSSR count). The van der Waals surface area contributed by atoms with E-state index in [1.165, 1.54) is 17.4 Å². The number of carbonyl (C=O) groups excluding carboxylic acids is 2. The molecule has 0 unspecified atom stereocenters. The van der Waals surface area contributed by atoms with Gasteiger partial charge < -0.3 is 10.6 Å². The first kappa shape index (κ1) is 16.6. The normalized spacial score (nSPS) is 10.1. The average molecular weight is 333 g/mol. The molecular formula is C15H15N3O4S. The van der Waals surface area contributed by atoms with E-state index in [9.17, 15) is 19.7 Å². The Morgan fingerprint density at radius 3 is 2.65 bits per heavy atom. The van der Waals surface area contributed by atoms with E-state index >= 15 is 0 Å². The van der Waals surface area contributed by atoms with E-state index in [0.717, 1.165) is 0 Å². The van der Waals surface area contributed by atoms with Gasteiger partial charge in [0.15, 0.2) is 0 Å². The fraction of sp³-hybridized carbons (Fsp3) is 0.200. The van der Waals surface area contributed by atoms with E-state index in [1.54, 1.807) is 35.0 Å². The first-order valence-electron chi connectivity index (χ1n) is 6.87. The average Bonchev–Trinajstić information content (AvgIpc) is 3.07. The molecule has 0 aliphatic heterocycles. The van der Waals surface area contributed by atoms with E-state index in [2.05, 4.69) is 10.6 Å². The Bertz CT molecular complexity index is 701. The molecule has 0 aliphatic carbocycles. The Morgan fingerprint density at radius 1 is 1.17 bits per heavy atom. The molecule has 0 fully saturated rings. The molecule has 0 radical (unpaired) electrons. The van der Waals surface area contributed by atoms with E-state index in [1.807, 2.05) is 0 Å². The van der Waals surface area contributed by atoms with Crippen LogP contribution in [-0.4, -0.2) is 23.3 Å². The van der Waals surface area contributed by atoms with Gasteiger partial charge in [0, 0.05) is 42.1 Å². The minimum atomic E-state index is -0.484. The van der Waals surface area contributed by atoms with Gasteiger partial charge in [-0.05, 0) is 11.4 Å². The van der Waals surface area contributed by atoms with Crippen LogP contribution in [0.3, 0.4) is 0 Å². The molecule has 23 heavy (non-hydrogen) atoms. The van der Waals surface area contributed by atoms with Crippen molar-refractivity contribution in [2.75, 3.05) is 6.54 Å². The summed E-state index contributed by atoms with van der Waals surface area (Å²) in [4.78, 5) is 33.8. The summed E-state index contributed by atoms with van der Waals surface area (Å²) in [5.41, 5.74) is 0.974. The van der Waals surface area contributed by atoms with Crippen LogP contribution in [-0.2, 0) is 11.3 Å². The molecule has 120 valence electrons. The van der Waals surface area contributed by atoms with Crippen molar-refractivity contribution in [2.45, 2.75) is 13.0 Å². The molecule has 0 saturated carbocycles. The molecule has 2 aromatic rings. The summed E-state index contributed by atoms with van der Waals surface area (Å²) in [5.74, 6) is -0.508. The molecule has 0 bridgehead atoms. The number of benzene rings is 1. The molecule has 0 saturated heterocycles. The largest absolute Gasteiger partial charge is 0.352 e. The van der Waals surface area contributed by atoms with E-state index in [-0.39, 0.29) is 37.0 Å². The van der Waals surface area contributed by atoms with Crippen LogP contribution in [0.2, 0.25) is 0 Å². The topological polar surface area (TPSA) is 101 Å². The van der Waals surface area contributed by atoms with Crippen LogP contribution in [0, 0.1) is 10.1 Å². The molecule has 0 aliphatic rings. The van der Waals surface area contributed by atoms with Crippen LogP contribution in [0.15, 0.2) is 41.1 Å². The van der Waals surface area contributed by atoms with Gasteiger partial charge in [-0.25, -0.2) is 0 Å². The summed E-state index contributed by atoms with van der Waals surface area (Å²) in [5, 5.41) is 19.7. The number of hydrogen-bond acceptors (Lipinski definition) is 5. The predicted octanol–water partition coefficient (Wildman–Crippen LogP) is 2.09. The quantitative estimate of drug-likeness (QED) is 0.598. The molecule has 0 atom stereocenters. The number of nitro groups is 1. The zero-order valence-corrected chi connectivity index (χ0v) is 13.0. The molecule has 1 heterocycles. The van der Waals surface area contributed by atoms with Gasteiger partial charge >= 0.3 is 0 Å². The molecule has 7 nitrogen and oxygen atoms in total. The van der Waals surface area contributed by atoms with E-state index in [0.29, 0.717) is 11.1 Å². The summed E-state index contributed by atoms with van der Waals surface area (Å²) in [7, 11) is 0. The second-order valence-corrected chi connectivity index (χ2v) is 5.46. The maximum atomic E-state index is 11.7. The Hall–Kier alpha value is -2.74. The van der Waals surface area contributed by atoms with Gasteiger partial charge in [-0.15, -0.1) is 0 Å². The first-order valence-corrected chi connectivity index (χ1v) is 7.81. The summed E-state index contributed by atoms with van der Waals surface area (Å²) in [6, 6.07) is 7.94. The minimum Gasteiger partial charge on any atom is -0.352 e. The van der Waals surface area contributed by atoms with Crippen LogP contribution in [0.4, 0.5) is 5.69 Å². The van der Waals surface area contributed by atoms with Crippen molar-refractivity contribution < 1.29 is 14.5 Å². The molecule has 0 spiro atoms. The van der Waals surface area contributed by atoms with Crippen LogP contribution < -0.4 is 10.6 Å². The third-order valence-corrected chi connectivity index (χ3v) is 3.77. The van der Waals surface area contributed by atoms with Crippen molar-refractivity contribution in [2.24, 2.45) is 0 Å². The van der Waals surface area contributed by atoms with Crippen molar-refractivity contribution in [3.05, 3.63) is 62.3 Å². The lowest BCUT2D eigenvalue weighted by Gasteiger charge is -2.07. The highest BCUT2D eigenvalue weighted by molar-refractivity contribution is 7.08. The minimum absolute atomic E-state index is 0.0291. The van der Waals surface area contributed by atoms with Gasteiger partial charge in [0.25, 0.3) is 11.6 Å². The number of thiophene rings is 1. The zero-order valence-electron chi connectivity index (χ0n) is 12.2. The molecule has 2 amide bonds. The van der Waals surface area contributed by atoms with Gasteiger partial charge in [-0.1, -0.05) is 18.2 Å². The molecular weight excluding hydrogens is 318 g/mol. The van der Waals surface area contributed by atoms with Gasteiger partial charge in [0.05, 0.1) is 4.92 Å². The first-order chi connectivity index (χ1) is 11.1. The van der Waals surface area contributed by atoms with Gasteiger partial charge in [0.1, 0.15) is 0 Å². The van der Waals surface area contributed by atoms with Crippen molar-refractivity contribution in [1.82, 2.24) is 10.6 Å². The van der Waals surface area contributed by atoms with Crippen LogP contribution >= 0.6 is 11.3 Å². The fourth-order valence-electron chi connectivity index (χ4n) is 1.91. The number of hydrogen-bond donors (Lipinski definition) is 2. The lowest BCUT2D eigenvalue weighted by Crippen LogP contribution is -2.30. The van der Waals surface area contributed by atoms with Gasteiger partial charge in [0.2, 0.25) is 5.91 Å². The highest BCUT2D eigenvalue weighted by atomic mass is 32.1. The number of nitro benzene ring substituents is 1. The number of amides is 2. The fourth-order valence-corrected chi connectivity index (χ4v) is 2.54. The van der Waals surface area contributed by atoms with Crippen molar-refractivity contribution in [3.8, 4) is 0 Å². The van der Waals surface area contributed by atoms with Crippen molar-refractivity contribution in [3.63, 3.8) is 0 Å². The maximum Gasteiger partial charge on any atom is 0.274 e. The van der Waals surface area contributed by atoms with Crippen molar-refractivity contribution in [1.29, 1.82) is 0 Å². The van der Waals surface area contributed by atoms with Crippen LogP contribution in [0.25, 0.3) is 0 Å².